The summed E-state index contributed by atoms with van der Waals surface area (Å²) in [6.45, 7) is 7.84. The van der Waals surface area contributed by atoms with E-state index in [4.69, 9.17) is 9.47 Å². The number of ether oxygens (including phenoxy) is 2. The van der Waals surface area contributed by atoms with Crippen molar-refractivity contribution in [3.8, 4) is 5.75 Å². The van der Waals surface area contributed by atoms with E-state index in [1.807, 2.05) is 27.7 Å². The van der Waals surface area contributed by atoms with Gasteiger partial charge in [-0.2, -0.15) is 13.2 Å². The summed E-state index contributed by atoms with van der Waals surface area (Å²) in [5.74, 6) is 0.399. The molecule has 1 aromatic rings. The summed E-state index contributed by atoms with van der Waals surface area (Å²) in [7, 11) is 0. The molecule has 4 nitrogen and oxygen atoms in total. The van der Waals surface area contributed by atoms with E-state index >= 15 is 0 Å². The van der Waals surface area contributed by atoms with Crippen LogP contribution >= 0.6 is 0 Å². The maximum absolute atomic E-state index is 12.6. The quantitative estimate of drug-likeness (QED) is 0.756. The van der Waals surface area contributed by atoms with Gasteiger partial charge in [-0.3, -0.25) is 0 Å². The van der Waals surface area contributed by atoms with Crippen molar-refractivity contribution in [2.75, 3.05) is 6.54 Å². The SMILES string of the molecule is C[C@H]1C[C@@H](Oc2ccc(C(F)(F)F)cc2)CCN1C(=O)OC(C)(C)C. The molecule has 0 bridgehead atoms. The van der Waals surface area contributed by atoms with E-state index in [9.17, 15) is 18.0 Å². The number of amides is 1. The van der Waals surface area contributed by atoms with Crippen molar-refractivity contribution in [2.45, 2.75) is 64.5 Å². The third-order valence-electron chi connectivity index (χ3n) is 3.94. The van der Waals surface area contributed by atoms with E-state index in [0.29, 0.717) is 25.1 Å². The summed E-state index contributed by atoms with van der Waals surface area (Å²) in [6, 6.07) is 4.60. The number of hydrogen-bond donors (Lipinski definition) is 0. The maximum Gasteiger partial charge on any atom is 0.416 e. The van der Waals surface area contributed by atoms with Crippen molar-refractivity contribution in [2.24, 2.45) is 0 Å². The van der Waals surface area contributed by atoms with Crippen LogP contribution in [0.1, 0.15) is 46.1 Å². The molecule has 0 unspecified atom stereocenters. The molecule has 0 aliphatic carbocycles. The van der Waals surface area contributed by atoms with Gasteiger partial charge in [-0.15, -0.1) is 0 Å². The molecule has 1 aromatic carbocycles. The number of piperidine rings is 1. The minimum Gasteiger partial charge on any atom is -0.490 e. The van der Waals surface area contributed by atoms with Gasteiger partial charge in [-0.05, 0) is 52.0 Å². The number of nitrogens with zero attached hydrogens (tertiary/aromatic N) is 1. The van der Waals surface area contributed by atoms with Crippen LogP contribution < -0.4 is 4.74 Å². The summed E-state index contributed by atoms with van der Waals surface area (Å²) < 4.78 is 48.9. The smallest absolute Gasteiger partial charge is 0.416 e. The first-order valence-electron chi connectivity index (χ1n) is 8.29. The van der Waals surface area contributed by atoms with E-state index in [0.717, 1.165) is 12.1 Å². The highest BCUT2D eigenvalue weighted by Crippen LogP contribution is 2.31. The molecule has 0 radical (unpaired) electrons. The van der Waals surface area contributed by atoms with Gasteiger partial charge in [0.15, 0.2) is 0 Å². The Balaban J connectivity index is 1.91. The molecule has 1 amide bonds. The summed E-state index contributed by atoms with van der Waals surface area (Å²) in [5.41, 5.74) is -1.25. The molecule has 0 N–H and O–H groups in total. The Morgan fingerprint density at radius 3 is 2.24 bits per heavy atom. The number of rotatable bonds is 2. The Kier molecular flexibility index (Phi) is 5.54. The lowest BCUT2D eigenvalue weighted by Gasteiger charge is -2.38. The number of likely N-dealkylation sites (tertiary alicyclic amines) is 1. The lowest BCUT2D eigenvalue weighted by Crippen LogP contribution is -2.49. The van der Waals surface area contributed by atoms with Gasteiger partial charge in [-0.25, -0.2) is 4.79 Å². The van der Waals surface area contributed by atoms with E-state index in [-0.39, 0.29) is 18.2 Å². The largest absolute Gasteiger partial charge is 0.490 e. The number of alkyl halides is 3. The van der Waals surface area contributed by atoms with Gasteiger partial charge in [0.25, 0.3) is 0 Å². The topological polar surface area (TPSA) is 38.8 Å². The highest BCUT2D eigenvalue weighted by atomic mass is 19.4. The molecule has 1 aliphatic heterocycles. The van der Waals surface area contributed by atoms with Gasteiger partial charge in [0.1, 0.15) is 17.5 Å². The lowest BCUT2D eigenvalue weighted by atomic mass is 10.0. The Bertz CT molecular complexity index is 593. The van der Waals surface area contributed by atoms with Crippen molar-refractivity contribution in [1.29, 1.82) is 0 Å². The molecule has 25 heavy (non-hydrogen) atoms. The van der Waals surface area contributed by atoms with Gasteiger partial charge in [-0.1, -0.05) is 0 Å². The van der Waals surface area contributed by atoms with E-state index in [1.54, 1.807) is 4.90 Å². The predicted octanol–water partition coefficient (Wildman–Crippen LogP) is 4.87. The van der Waals surface area contributed by atoms with Crippen molar-refractivity contribution in [1.82, 2.24) is 4.90 Å². The number of carbonyl (C=O) groups is 1. The minimum absolute atomic E-state index is 0.0666. The monoisotopic (exact) mass is 359 g/mol. The minimum atomic E-state index is -4.36. The van der Waals surface area contributed by atoms with Crippen LogP contribution in [0.5, 0.6) is 5.75 Å². The van der Waals surface area contributed by atoms with Crippen LogP contribution in [0.25, 0.3) is 0 Å². The number of benzene rings is 1. The Labute approximate surface area is 145 Å². The molecule has 1 aliphatic rings. The van der Waals surface area contributed by atoms with E-state index in [2.05, 4.69) is 0 Å². The zero-order valence-electron chi connectivity index (χ0n) is 14.9. The molecule has 0 saturated carbocycles. The standard InChI is InChI=1S/C18H24F3NO3/c1-12-11-15(9-10-22(12)16(23)25-17(2,3)4)24-14-7-5-13(6-8-14)18(19,20)21/h5-8,12,15H,9-11H2,1-4H3/t12-,15-/m0/s1. The number of halogens is 3. The molecule has 0 aromatic heterocycles. The molecule has 2 rings (SSSR count). The van der Waals surface area contributed by atoms with E-state index < -0.39 is 17.3 Å². The van der Waals surface area contributed by atoms with Crippen LogP contribution in [-0.4, -0.2) is 35.3 Å². The highest BCUT2D eigenvalue weighted by molar-refractivity contribution is 5.68. The third-order valence-corrected chi connectivity index (χ3v) is 3.94. The fourth-order valence-electron chi connectivity index (χ4n) is 2.74. The molecule has 1 fully saturated rings. The maximum atomic E-state index is 12.6. The first kappa shape index (κ1) is 19.4. The summed E-state index contributed by atoms with van der Waals surface area (Å²) >= 11 is 0. The van der Waals surface area contributed by atoms with Gasteiger partial charge in [0, 0.05) is 25.4 Å². The van der Waals surface area contributed by atoms with Crippen molar-refractivity contribution in [3.05, 3.63) is 29.8 Å². The predicted molar refractivity (Wildman–Crippen MR) is 87.5 cm³/mol. The Morgan fingerprint density at radius 2 is 1.76 bits per heavy atom. The zero-order chi connectivity index (χ0) is 18.8. The molecule has 1 heterocycles. The summed E-state index contributed by atoms with van der Waals surface area (Å²) in [4.78, 5) is 13.8. The van der Waals surface area contributed by atoms with Gasteiger partial charge in [0.05, 0.1) is 5.56 Å². The molecule has 0 spiro atoms. The Morgan fingerprint density at radius 1 is 1.16 bits per heavy atom. The number of carbonyl (C=O) groups excluding carboxylic acids is 1. The van der Waals surface area contributed by atoms with Gasteiger partial charge < -0.3 is 14.4 Å². The van der Waals surface area contributed by atoms with Crippen molar-refractivity contribution < 1.29 is 27.4 Å². The molecule has 7 heteroatoms. The fourth-order valence-corrected chi connectivity index (χ4v) is 2.74. The van der Waals surface area contributed by atoms with Crippen LogP contribution in [0, 0.1) is 0 Å². The van der Waals surface area contributed by atoms with Crippen LogP contribution in [0.15, 0.2) is 24.3 Å². The molecule has 2 atom stereocenters. The number of hydrogen-bond acceptors (Lipinski definition) is 3. The average Bonchev–Trinajstić information content (AvgIpc) is 2.45. The Hall–Kier alpha value is -1.92. The first-order chi connectivity index (χ1) is 11.5. The van der Waals surface area contributed by atoms with Crippen LogP contribution in [0.2, 0.25) is 0 Å². The van der Waals surface area contributed by atoms with Gasteiger partial charge >= 0.3 is 12.3 Å². The zero-order valence-corrected chi connectivity index (χ0v) is 14.9. The lowest BCUT2D eigenvalue weighted by molar-refractivity contribution is -0.137. The van der Waals surface area contributed by atoms with Crippen LogP contribution in [0.3, 0.4) is 0 Å². The second kappa shape index (κ2) is 7.14. The molecule has 140 valence electrons. The molecular formula is C18H24F3NO3. The van der Waals surface area contributed by atoms with Crippen molar-refractivity contribution >= 4 is 6.09 Å². The highest BCUT2D eigenvalue weighted by Gasteiger charge is 2.33. The summed E-state index contributed by atoms with van der Waals surface area (Å²) in [6.07, 6.45) is -3.66. The molecule has 1 saturated heterocycles. The summed E-state index contributed by atoms with van der Waals surface area (Å²) in [5, 5.41) is 0. The second-order valence-electron chi connectivity index (χ2n) is 7.31. The normalized spacial score (nSPS) is 21.8. The average molecular weight is 359 g/mol. The van der Waals surface area contributed by atoms with E-state index in [1.165, 1.54) is 12.1 Å². The first-order valence-corrected chi connectivity index (χ1v) is 8.29. The van der Waals surface area contributed by atoms with Crippen LogP contribution in [-0.2, 0) is 10.9 Å². The van der Waals surface area contributed by atoms with Crippen LogP contribution in [0.4, 0.5) is 18.0 Å². The molecular weight excluding hydrogens is 335 g/mol. The fraction of sp³-hybridized carbons (Fsp3) is 0.611. The van der Waals surface area contributed by atoms with Crippen molar-refractivity contribution in [3.63, 3.8) is 0 Å². The van der Waals surface area contributed by atoms with Gasteiger partial charge in [0.2, 0.25) is 0 Å². The second-order valence-corrected chi connectivity index (χ2v) is 7.31. The third kappa shape index (κ3) is 5.54.